The van der Waals surface area contributed by atoms with E-state index in [0.29, 0.717) is 0 Å². The van der Waals surface area contributed by atoms with Gasteiger partial charge in [-0.1, -0.05) is 161 Å². The minimum absolute atomic E-state index is 0.0645. The van der Waals surface area contributed by atoms with Gasteiger partial charge in [0, 0.05) is 45.1 Å². The van der Waals surface area contributed by atoms with Crippen molar-refractivity contribution in [1.29, 1.82) is 0 Å². The lowest BCUT2D eigenvalue weighted by Crippen LogP contribution is -2.35. The third-order valence-corrected chi connectivity index (χ3v) is 14.5. The summed E-state index contributed by atoms with van der Waals surface area (Å²) in [7, 11) is 2.16. The molecular formula is C59H49N3O. The quantitative estimate of drug-likeness (QED) is 0.163. The Morgan fingerprint density at radius 1 is 0.540 bits per heavy atom. The molecule has 0 radical (unpaired) electrons. The molecule has 2 heterocycles. The summed E-state index contributed by atoms with van der Waals surface area (Å²) in [5.74, 6) is 0. The van der Waals surface area contributed by atoms with Gasteiger partial charge in [0.2, 0.25) is 0 Å². The highest BCUT2D eigenvalue weighted by molar-refractivity contribution is 6.10. The van der Waals surface area contributed by atoms with E-state index in [-0.39, 0.29) is 10.8 Å². The van der Waals surface area contributed by atoms with E-state index in [1.807, 2.05) is 12.1 Å². The van der Waals surface area contributed by atoms with Crippen LogP contribution in [0, 0.1) is 0 Å². The number of benzene rings is 8. The van der Waals surface area contributed by atoms with E-state index in [9.17, 15) is 0 Å². The number of nitrogens with zero attached hydrogens (tertiary/aromatic N) is 2. The van der Waals surface area contributed by atoms with Crippen LogP contribution in [0.1, 0.15) is 67.4 Å². The molecule has 2 N–H and O–H groups in total. The Bertz CT molecular complexity index is 3540. The van der Waals surface area contributed by atoms with E-state index >= 15 is 0 Å². The van der Waals surface area contributed by atoms with Crippen LogP contribution >= 0.6 is 0 Å². The summed E-state index contributed by atoms with van der Waals surface area (Å²) in [6.45, 7) is 9.42. The van der Waals surface area contributed by atoms with Crippen molar-refractivity contribution < 1.29 is 4.42 Å². The molecule has 306 valence electrons. The molecular weight excluding hydrogens is 767 g/mol. The molecule has 0 amide bonds. The lowest BCUT2D eigenvalue weighted by Gasteiger charge is -2.32. The fourth-order valence-corrected chi connectivity index (χ4v) is 11.1. The van der Waals surface area contributed by atoms with Gasteiger partial charge in [-0.25, -0.2) is 0 Å². The molecule has 0 aliphatic heterocycles. The first kappa shape index (κ1) is 37.6. The number of rotatable bonds is 7. The second-order valence-corrected chi connectivity index (χ2v) is 18.7. The van der Waals surface area contributed by atoms with Gasteiger partial charge in [0.25, 0.3) is 0 Å². The first-order valence-corrected chi connectivity index (χ1v) is 22.2. The van der Waals surface area contributed by atoms with Crippen molar-refractivity contribution >= 4 is 49.4 Å². The zero-order chi connectivity index (χ0) is 42.8. The Kier molecular flexibility index (Phi) is 8.17. The maximum atomic E-state index is 7.61. The molecule has 8 aromatic carbocycles. The average Bonchev–Trinajstić information content (AvgIpc) is 3.99. The lowest BCUT2D eigenvalue weighted by molar-refractivity contribution is 0.282. The summed E-state index contributed by atoms with van der Waals surface area (Å²) in [5.41, 5.74) is 28.1. The number of allylic oxidation sites excluding steroid dienone is 1. The summed E-state index contributed by atoms with van der Waals surface area (Å²) in [4.78, 5) is 2.28. The van der Waals surface area contributed by atoms with Gasteiger partial charge >= 0.3 is 0 Å². The van der Waals surface area contributed by atoms with Crippen molar-refractivity contribution in [3.8, 4) is 33.4 Å². The summed E-state index contributed by atoms with van der Waals surface area (Å²) in [6.07, 6.45) is 2.65. The standard InChI is InChI=1S/C59H49N3O/c1-58(2)48-18-10-6-14-40(48)42-27-22-36(32-50(42)58)23-29-52(39-24-28-43-41-15-7-11-19-49(41)59(3,4)51(43)35-39)61(5)57(60)62-53-20-12-8-16-44(53)46-33-37(25-30-54(46)62)38-26-31-56-47(34-38)45-17-9-13-21-55(45)63-56/h6-22,24-35,57H,23,60H2,1-5H3/b52-29-. The molecule has 2 aliphatic carbocycles. The summed E-state index contributed by atoms with van der Waals surface area (Å²) in [5, 5.41) is 4.61. The molecule has 0 saturated carbocycles. The Balaban J connectivity index is 0.968. The highest BCUT2D eigenvalue weighted by atomic mass is 16.3. The zero-order valence-electron chi connectivity index (χ0n) is 36.4. The van der Waals surface area contributed by atoms with E-state index in [4.69, 9.17) is 10.2 Å². The van der Waals surface area contributed by atoms with Crippen LogP contribution in [-0.4, -0.2) is 16.5 Å². The molecule has 10 aromatic rings. The molecule has 0 bridgehead atoms. The Morgan fingerprint density at radius 2 is 1.10 bits per heavy atom. The first-order valence-electron chi connectivity index (χ1n) is 22.2. The Morgan fingerprint density at radius 3 is 1.84 bits per heavy atom. The highest BCUT2D eigenvalue weighted by Crippen LogP contribution is 2.51. The van der Waals surface area contributed by atoms with Crippen LogP contribution < -0.4 is 5.73 Å². The van der Waals surface area contributed by atoms with Gasteiger partial charge < -0.3 is 13.9 Å². The van der Waals surface area contributed by atoms with E-state index in [1.54, 1.807) is 0 Å². The predicted molar refractivity (Wildman–Crippen MR) is 263 cm³/mol. The summed E-state index contributed by atoms with van der Waals surface area (Å²) < 4.78 is 8.49. The third-order valence-electron chi connectivity index (χ3n) is 14.5. The predicted octanol–water partition coefficient (Wildman–Crippen LogP) is 14.6. The second kappa shape index (κ2) is 13.7. The zero-order valence-corrected chi connectivity index (χ0v) is 36.4. The van der Waals surface area contributed by atoms with Crippen molar-refractivity contribution in [1.82, 2.24) is 9.47 Å². The van der Waals surface area contributed by atoms with Crippen LogP contribution in [0.2, 0.25) is 0 Å². The molecule has 4 heteroatoms. The lowest BCUT2D eigenvalue weighted by atomic mass is 9.81. The van der Waals surface area contributed by atoms with Gasteiger partial charge in [0.05, 0.1) is 11.0 Å². The molecule has 0 saturated heterocycles. The van der Waals surface area contributed by atoms with E-state index in [1.165, 1.54) is 60.8 Å². The van der Waals surface area contributed by atoms with Crippen LogP contribution in [0.25, 0.3) is 82.8 Å². The minimum Gasteiger partial charge on any atom is -0.456 e. The number of hydrogen-bond donors (Lipinski definition) is 1. The Hall–Kier alpha value is -7.14. The number of aromatic nitrogens is 1. The van der Waals surface area contributed by atoms with Crippen molar-refractivity contribution in [2.45, 2.75) is 51.2 Å². The van der Waals surface area contributed by atoms with Gasteiger partial charge in [0.1, 0.15) is 11.2 Å². The Labute approximate surface area is 368 Å². The van der Waals surface area contributed by atoms with E-state index in [2.05, 4.69) is 208 Å². The number of fused-ring (bicyclic) bond motifs is 12. The van der Waals surface area contributed by atoms with Gasteiger partial charge in [-0.15, -0.1) is 0 Å². The van der Waals surface area contributed by atoms with Crippen LogP contribution in [0.3, 0.4) is 0 Å². The molecule has 0 spiro atoms. The molecule has 2 aliphatic rings. The number of hydrogen-bond acceptors (Lipinski definition) is 3. The average molecular weight is 816 g/mol. The monoisotopic (exact) mass is 815 g/mol. The summed E-state index contributed by atoms with van der Waals surface area (Å²) in [6, 6.07) is 62.1. The van der Waals surface area contributed by atoms with Crippen molar-refractivity contribution in [3.05, 3.63) is 209 Å². The molecule has 2 aromatic heterocycles. The maximum Gasteiger partial charge on any atom is 0.159 e. The normalized spacial score (nSPS) is 15.2. The molecule has 1 atom stereocenters. The molecule has 0 fully saturated rings. The summed E-state index contributed by atoms with van der Waals surface area (Å²) >= 11 is 0. The largest absolute Gasteiger partial charge is 0.456 e. The second-order valence-electron chi connectivity index (χ2n) is 18.7. The van der Waals surface area contributed by atoms with Crippen LogP contribution in [0.15, 0.2) is 180 Å². The smallest absolute Gasteiger partial charge is 0.159 e. The van der Waals surface area contributed by atoms with E-state index in [0.717, 1.165) is 61.8 Å². The molecule has 1 unspecified atom stereocenters. The molecule has 63 heavy (non-hydrogen) atoms. The maximum absolute atomic E-state index is 7.61. The van der Waals surface area contributed by atoms with Gasteiger partial charge in [-0.05, 0) is 116 Å². The molecule has 4 nitrogen and oxygen atoms in total. The number of furan rings is 1. The van der Waals surface area contributed by atoms with Crippen molar-refractivity contribution in [3.63, 3.8) is 0 Å². The number of para-hydroxylation sites is 2. The molecule has 12 rings (SSSR count). The fraction of sp³-hybridized carbons (Fsp3) is 0.153. The third kappa shape index (κ3) is 5.57. The van der Waals surface area contributed by atoms with Crippen LogP contribution in [0.4, 0.5) is 0 Å². The van der Waals surface area contributed by atoms with Crippen molar-refractivity contribution in [2.75, 3.05) is 7.05 Å². The minimum atomic E-state index is -0.509. The fourth-order valence-electron chi connectivity index (χ4n) is 11.1. The number of nitrogens with two attached hydrogens (primary N) is 1. The first-order chi connectivity index (χ1) is 30.6. The van der Waals surface area contributed by atoms with Gasteiger partial charge in [-0.2, -0.15) is 0 Å². The van der Waals surface area contributed by atoms with E-state index < -0.39 is 6.29 Å². The highest BCUT2D eigenvalue weighted by Gasteiger charge is 2.37. The van der Waals surface area contributed by atoms with Gasteiger partial charge in [-0.3, -0.25) is 5.73 Å². The van der Waals surface area contributed by atoms with Crippen molar-refractivity contribution in [2.24, 2.45) is 5.73 Å². The SMILES string of the molecule is CN(/C(=C\Cc1ccc2c(c1)C(C)(C)c1ccccc1-2)c1ccc2c(c1)C(C)(C)c1ccccc1-2)C(N)n1c2ccccc2c2cc(-c3ccc4oc5ccccc5c4c3)ccc21. The van der Waals surface area contributed by atoms with Crippen LogP contribution in [-0.2, 0) is 17.3 Å². The van der Waals surface area contributed by atoms with Crippen LogP contribution in [0.5, 0.6) is 0 Å². The topological polar surface area (TPSA) is 47.3 Å². The van der Waals surface area contributed by atoms with Gasteiger partial charge in [0.15, 0.2) is 6.29 Å².